The zero-order valence-electron chi connectivity index (χ0n) is 10.3. The summed E-state index contributed by atoms with van der Waals surface area (Å²) in [5, 5.41) is 0. The number of benzene rings is 1. The molecule has 0 fully saturated rings. The van der Waals surface area contributed by atoms with Gasteiger partial charge < -0.3 is 0 Å². The first-order valence-electron chi connectivity index (χ1n) is 5.46. The maximum atomic E-state index is 10.9. The van der Waals surface area contributed by atoms with Gasteiger partial charge in [-0.05, 0) is 22.5 Å². The molecule has 15 heavy (non-hydrogen) atoms. The SMILES string of the molecule is CC(C)c1cc(C(C)(C)C)ccc1C=O. The van der Waals surface area contributed by atoms with Crippen LogP contribution in [0.15, 0.2) is 18.2 Å². The van der Waals surface area contributed by atoms with Crippen LogP contribution >= 0.6 is 0 Å². The number of aldehydes is 1. The van der Waals surface area contributed by atoms with Crippen LogP contribution in [0.3, 0.4) is 0 Å². The van der Waals surface area contributed by atoms with E-state index in [1.54, 1.807) is 0 Å². The molecule has 0 aliphatic carbocycles. The fraction of sp³-hybridized carbons (Fsp3) is 0.500. The highest BCUT2D eigenvalue weighted by Gasteiger charge is 2.16. The Balaban J connectivity index is 3.28. The number of carbonyl (C=O) groups is 1. The Morgan fingerprint density at radius 3 is 2.20 bits per heavy atom. The Hall–Kier alpha value is -1.11. The third-order valence-corrected chi connectivity index (χ3v) is 2.70. The summed E-state index contributed by atoms with van der Waals surface area (Å²) in [6.07, 6.45) is 0.946. The molecule has 1 rings (SSSR count). The van der Waals surface area contributed by atoms with E-state index in [0.717, 1.165) is 17.4 Å². The largest absolute Gasteiger partial charge is 0.298 e. The quantitative estimate of drug-likeness (QED) is 0.667. The minimum atomic E-state index is 0.144. The van der Waals surface area contributed by atoms with E-state index in [9.17, 15) is 4.79 Å². The highest BCUT2D eigenvalue weighted by molar-refractivity contribution is 5.77. The van der Waals surface area contributed by atoms with Crippen LogP contribution in [-0.4, -0.2) is 6.29 Å². The van der Waals surface area contributed by atoms with E-state index in [0.29, 0.717) is 5.92 Å². The zero-order chi connectivity index (χ0) is 11.6. The lowest BCUT2D eigenvalue weighted by atomic mass is 9.83. The lowest BCUT2D eigenvalue weighted by Gasteiger charge is -2.21. The second kappa shape index (κ2) is 4.18. The molecule has 0 radical (unpaired) electrons. The fourth-order valence-electron chi connectivity index (χ4n) is 1.65. The molecule has 82 valence electrons. The highest BCUT2D eigenvalue weighted by atomic mass is 16.1. The molecule has 0 heterocycles. The van der Waals surface area contributed by atoms with Crippen molar-refractivity contribution in [3.8, 4) is 0 Å². The molecule has 0 unspecified atom stereocenters. The molecule has 0 aromatic heterocycles. The molecule has 0 atom stereocenters. The summed E-state index contributed by atoms with van der Waals surface area (Å²) >= 11 is 0. The van der Waals surface area contributed by atoms with Crippen LogP contribution in [0, 0.1) is 0 Å². The van der Waals surface area contributed by atoms with E-state index in [1.165, 1.54) is 5.56 Å². The van der Waals surface area contributed by atoms with Crippen molar-refractivity contribution >= 4 is 6.29 Å². The van der Waals surface area contributed by atoms with E-state index >= 15 is 0 Å². The monoisotopic (exact) mass is 204 g/mol. The van der Waals surface area contributed by atoms with Crippen molar-refractivity contribution in [1.29, 1.82) is 0 Å². The number of hydrogen-bond donors (Lipinski definition) is 0. The topological polar surface area (TPSA) is 17.1 Å². The first-order chi connectivity index (χ1) is 6.86. The van der Waals surface area contributed by atoms with Gasteiger partial charge in [0.15, 0.2) is 0 Å². The van der Waals surface area contributed by atoms with E-state index < -0.39 is 0 Å². The standard InChI is InChI=1S/C14H20O/c1-10(2)13-8-12(14(3,4)5)7-6-11(13)9-15/h6-10H,1-5H3. The van der Waals surface area contributed by atoms with Crippen LogP contribution in [-0.2, 0) is 5.41 Å². The van der Waals surface area contributed by atoms with Gasteiger partial charge in [0.2, 0.25) is 0 Å². The molecule has 0 N–H and O–H groups in total. The smallest absolute Gasteiger partial charge is 0.150 e. The molecule has 0 saturated heterocycles. The van der Waals surface area contributed by atoms with Gasteiger partial charge in [-0.3, -0.25) is 4.79 Å². The fourth-order valence-corrected chi connectivity index (χ4v) is 1.65. The molecule has 0 spiro atoms. The number of carbonyl (C=O) groups excluding carboxylic acids is 1. The van der Waals surface area contributed by atoms with Crippen molar-refractivity contribution in [1.82, 2.24) is 0 Å². The van der Waals surface area contributed by atoms with Gasteiger partial charge >= 0.3 is 0 Å². The molecular weight excluding hydrogens is 184 g/mol. The van der Waals surface area contributed by atoms with Crippen LogP contribution < -0.4 is 0 Å². The molecule has 1 nitrogen and oxygen atoms in total. The second-order valence-electron chi connectivity index (χ2n) is 5.37. The van der Waals surface area contributed by atoms with E-state index in [2.05, 4.69) is 46.8 Å². The Bertz CT molecular complexity index is 356. The molecule has 1 heteroatoms. The Morgan fingerprint density at radius 1 is 1.20 bits per heavy atom. The van der Waals surface area contributed by atoms with Crippen molar-refractivity contribution in [2.45, 2.75) is 46.0 Å². The van der Waals surface area contributed by atoms with Crippen molar-refractivity contribution in [3.05, 3.63) is 34.9 Å². The summed E-state index contributed by atoms with van der Waals surface area (Å²) in [4.78, 5) is 10.9. The van der Waals surface area contributed by atoms with E-state index in [4.69, 9.17) is 0 Å². The lowest BCUT2D eigenvalue weighted by molar-refractivity contribution is 0.112. The summed E-state index contributed by atoms with van der Waals surface area (Å²) in [6.45, 7) is 10.8. The van der Waals surface area contributed by atoms with Gasteiger partial charge in [-0.25, -0.2) is 0 Å². The van der Waals surface area contributed by atoms with Crippen molar-refractivity contribution in [3.63, 3.8) is 0 Å². The normalized spacial score (nSPS) is 11.9. The van der Waals surface area contributed by atoms with E-state index in [-0.39, 0.29) is 5.41 Å². The molecular formula is C14H20O. The van der Waals surface area contributed by atoms with Crippen LogP contribution in [0.2, 0.25) is 0 Å². The Kier molecular flexibility index (Phi) is 3.33. The van der Waals surface area contributed by atoms with Crippen molar-refractivity contribution < 1.29 is 4.79 Å². The average Bonchev–Trinajstić information content (AvgIpc) is 2.15. The summed E-state index contributed by atoms with van der Waals surface area (Å²) in [7, 11) is 0. The molecule has 0 amide bonds. The zero-order valence-corrected chi connectivity index (χ0v) is 10.3. The van der Waals surface area contributed by atoms with Crippen LogP contribution in [0.1, 0.15) is 62.0 Å². The van der Waals surface area contributed by atoms with Gasteiger partial charge in [0.1, 0.15) is 6.29 Å². The molecule has 1 aromatic rings. The number of hydrogen-bond acceptors (Lipinski definition) is 1. The second-order valence-corrected chi connectivity index (χ2v) is 5.37. The summed E-state index contributed by atoms with van der Waals surface area (Å²) < 4.78 is 0. The summed E-state index contributed by atoms with van der Waals surface area (Å²) in [5.74, 6) is 0.396. The molecule has 0 bridgehead atoms. The van der Waals surface area contributed by atoms with Crippen molar-refractivity contribution in [2.75, 3.05) is 0 Å². The number of rotatable bonds is 2. The van der Waals surface area contributed by atoms with Crippen LogP contribution in [0.5, 0.6) is 0 Å². The van der Waals surface area contributed by atoms with Gasteiger partial charge in [0.25, 0.3) is 0 Å². The molecule has 0 aliphatic heterocycles. The predicted molar refractivity (Wildman–Crippen MR) is 64.6 cm³/mol. The maximum absolute atomic E-state index is 10.9. The van der Waals surface area contributed by atoms with E-state index in [1.807, 2.05) is 6.07 Å². The van der Waals surface area contributed by atoms with Gasteiger partial charge in [0.05, 0.1) is 0 Å². The van der Waals surface area contributed by atoms with Gasteiger partial charge in [0, 0.05) is 5.56 Å². The van der Waals surface area contributed by atoms with Crippen molar-refractivity contribution in [2.24, 2.45) is 0 Å². The minimum Gasteiger partial charge on any atom is -0.298 e. The third-order valence-electron chi connectivity index (χ3n) is 2.70. The minimum absolute atomic E-state index is 0.144. The lowest BCUT2D eigenvalue weighted by Crippen LogP contribution is -2.12. The summed E-state index contributed by atoms with van der Waals surface area (Å²) in [5.41, 5.74) is 3.40. The van der Waals surface area contributed by atoms with Gasteiger partial charge in [-0.1, -0.05) is 52.8 Å². The maximum Gasteiger partial charge on any atom is 0.150 e. The Morgan fingerprint density at radius 2 is 1.80 bits per heavy atom. The first kappa shape index (κ1) is 12.0. The molecule has 0 aliphatic rings. The highest BCUT2D eigenvalue weighted by Crippen LogP contribution is 2.27. The van der Waals surface area contributed by atoms with Gasteiger partial charge in [-0.2, -0.15) is 0 Å². The van der Waals surface area contributed by atoms with Gasteiger partial charge in [-0.15, -0.1) is 0 Å². The average molecular weight is 204 g/mol. The molecule has 1 aromatic carbocycles. The predicted octanol–water partition coefficient (Wildman–Crippen LogP) is 3.92. The first-order valence-corrected chi connectivity index (χ1v) is 5.46. The summed E-state index contributed by atoms with van der Waals surface area (Å²) in [6, 6.07) is 6.15. The molecule has 0 saturated carbocycles. The Labute approximate surface area is 92.5 Å². The van der Waals surface area contributed by atoms with Crippen LogP contribution in [0.25, 0.3) is 0 Å². The van der Waals surface area contributed by atoms with Crippen LogP contribution in [0.4, 0.5) is 0 Å². The third kappa shape index (κ3) is 2.68.